The number of nitrogen functional groups attached to an aromatic ring is 1. The zero-order chi connectivity index (χ0) is 13.7. The molecule has 0 atom stereocenters. The summed E-state index contributed by atoms with van der Waals surface area (Å²) in [5.41, 5.74) is 7.39. The molecule has 0 aliphatic carbocycles. The number of hydrogen-bond acceptors (Lipinski definition) is 4. The number of rotatable bonds is 3. The minimum Gasteiger partial charge on any atom is -0.457 e. The van der Waals surface area contributed by atoms with Gasteiger partial charge in [-0.1, -0.05) is 12.1 Å². The highest BCUT2D eigenvalue weighted by Crippen LogP contribution is 2.25. The van der Waals surface area contributed by atoms with Gasteiger partial charge < -0.3 is 10.5 Å². The molecule has 0 aromatic heterocycles. The summed E-state index contributed by atoms with van der Waals surface area (Å²) in [6.45, 7) is 0. The number of ether oxygens (including phenoxy) is 1. The number of nitriles is 2. The van der Waals surface area contributed by atoms with Crippen molar-refractivity contribution in [3.05, 3.63) is 53.6 Å². The quantitative estimate of drug-likeness (QED) is 0.847. The third kappa shape index (κ3) is 3.02. The smallest absolute Gasteiger partial charge is 0.128 e. The zero-order valence-corrected chi connectivity index (χ0v) is 10.1. The van der Waals surface area contributed by atoms with Gasteiger partial charge in [0.25, 0.3) is 0 Å². The van der Waals surface area contributed by atoms with Crippen molar-refractivity contribution in [1.82, 2.24) is 0 Å². The number of nitrogens with two attached hydrogens (primary N) is 1. The van der Waals surface area contributed by atoms with Gasteiger partial charge in [-0.25, -0.2) is 0 Å². The van der Waals surface area contributed by atoms with Crippen LogP contribution in [0.2, 0.25) is 0 Å². The standard InChI is InChI=1S/C15H11N3O/c16-8-7-11-1-3-13(4-2-11)19-14-5-6-15(18)12(9-14)10-17/h1-6,9H,7,18H2. The van der Waals surface area contributed by atoms with Gasteiger partial charge in [0.05, 0.1) is 18.1 Å². The van der Waals surface area contributed by atoms with Crippen LogP contribution in [0.1, 0.15) is 11.1 Å². The van der Waals surface area contributed by atoms with Crippen molar-refractivity contribution < 1.29 is 4.74 Å². The molecule has 19 heavy (non-hydrogen) atoms. The Bertz CT molecular complexity index is 663. The van der Waals surface area contributed by atoms with E-state index in [9.17, 15) is 0 Å². The van der Waals surface area contributed by atoms with E-state index in [1.165, 1.54) is 0 Å². The van der Waals surface area contributed by atoms with Gasteiger partial charge in [-0.15, -0.1) is 0 Å². The topological polar surface area (TPSA) is 82.8 Å². The summed E-state index contributed by atoms with van der Waals surface area (Å²) >= 11 is 0. The van der Waals surface area contributed by atoms with Crippen LogP contribution in [0.5, 0.6) is 11.5 Å². The second-order valence-corrected chi connectivity index (χ2v) is 3.94. The highest BCUT2D eigenvalue weighted by Gasteiger charge is 2.02. The fraction of sp³-hybridized carbons (Fsp3) is 0.0667. The molecule has 0 aliphatic rings. The Morgan fingerprint density at radius 1 is 1.00 bits per heavy atom. The Morgan fingerprint density at radius 2 is 1.68 bits per heavy atom. The largest absolute Gasteiger partial charge is 0.457 e. The molecule has 0 aliphatic heterocycles. The van der Waals surface area contributed by atoms with Crippen LogP contribution in [0, 0.1) is 22.7 Å². The summed E-state index contributed by atoms with van der Waals surface area (Å²) in [6.07, 6.45) is 0.376. The van der Waals surface area contributed by atoms with E-state index in [-0.39, 0.29) is 0 Å². The molecule has 4 nitrogen and oxygen atoms in total. The molecule has 2 aromatic carbocycles. The van der Waals surface area contributed by atoms with Crippen LogP contribution in [0.15, 0.2) is 42.5 Å². The Labute approximate surface area is 111 Å². The van der Waals surface area contributed by atoms with Crippen molar-refractivity contribution in [2.24, 2.45) is 0 Å². The van der Waals surface area contributed by atoms with Crippen molar-refractivity contribution in [3.63, 3.8) is 0 Å². The molecule has 0 fully saturated rings. The Hall–Kier alpha value is -2.98. The van der Waals surface area contributed by atoms with Crippen molar-refractivity contribution >= 4 is 5.69 Å². The van der Waals surface area contributed by atoms with Gasteiger partial charge in [0.2, 0.25) is 0 Å². The number of nitrogens with zero attached hydrogens (tertiary/aromatic N) is 2. The molecule has 0 radical (unpaired) electrons. The van der Waals surface area contributed by atoms with Crippen molar-refractivity contribution in [3.8, 4) is 23.6 Å². The fourth-order valence-corrected chi connectivity index (χ4v) is 1.60. The SMILES string of the molecule is N#CCc1ccc(Oc2ccc(N)c(C#N)c2)cc1. The van der Waals surface area contributed by atoms with E-state index in [4.69, 9.17) is 21.0 Å². The van der Waals surface area contributed by atoms with E-state index in [0.717, 1.165) is 5.56 Å². The monoisotopic (exact) mass is 249 g/mol. The van der Waals surface area contributed by atoms with Crippen LogP contribution < -0.4 is 10.5 Å². The average Bonchev–Trinajstić information content (AvgIpc) is 2.43. The zero-order valence-electron chi connectivity index (χ0n) is 10.1. The first kappa shape index (κ1) is 12.5. The Kier molecular flexibility index (Phi) is 3.66. The van der Waals surface area contributed by atoms with Crippen LogP contribution >= 0.6 is 0 Å². The first-order chi connectivity index (χ1) is 9.22. The highest BCUT2D eigenvalue weighted by atomic mass is 16.5. The Morgan fingerprint density at radius 3 is 2.32 bits per heavy atom. The molecule has 4 heteroatoms. The van der Waals surface area contributed by atoms with Gasteiger partial charge in [-0.3, -0.25) is 0 Å². The molecule has 0 bridgehead atoms. The number of hydrogen-bond donors (Lipinski definition) is 1. The maximum atomic E-state index is 8.89. The van der Waals surface area contributed by atoms with E-state index >= 15 is 0 Å². The highest BCUT2D eigenvalue weighted by molar-refractivity contribution is 5.57. The van der Waals surface area contributed by atoms with Crippen LogP contribution in [-0.2, 0) is 6.42 Å². The lowest BCUT2D eigenvalue weighted by Crippen LogP contribution is -1.91. The number of benzene rings is 2. The summed E-state index contributed by atoms with van der Waals surface area (Å²) in [6, 6.07) is 16.3. The van der Waals surface area contributed by atoms with E-state index in [1.807, 2.05) is 18.2 Å². The third-order valence-electron chi connectivity index (χ3n) is 2.59. The summed E-state index contributed by atoms with van der Waals surface area (Å²) in [5.74, 6) is 1.20. The van der Waals surface area contributed by atoms with Crippen molar-refractivity contribution in [2.75, 3.05) is 5.73 Å². The molecule has 0 heterocycles. The lowest BCUT2D eigenvalue weighted by molar-refractivity contribution is 0.482. The first-order valence-electron chi connectivity index (χ1n) is 5.66. The molecule has 0 saturated carbocycles. The molecule has 2 N–H and O–H groups in total. The molecule has 0 amide bonds. The lowest BCUT2D eigenvalue weighted by Gasteiger charge is -2.07. The Balaban J connectivity index is 2.17. The fourth-order valence-electron chi connectivity index (χ4n) is 1.60. The third-order valence-corrected chi connectivity index (χ3v) is 2.59. The maximum absolute atomic E-state index is 8.89. The predicted octanol–water partition coefficient (Wildman–Crippen LogP) is 3.00. The molecular weight excluding hydrogens is 238 g/mol. The van der Waals surface area contributed by atoms with Crippen molar-refractivity contribution in [2.45, 2.75) is 6.42 Å². The van der Waals surface area contributed by atoms with Gasteiger partial charge >= 0.3 is 0 Å². The number of anilines is 1. The predicted molar refractivity (Wildman–Crippen MR) is 71.4 cm³/mol. The molecule has 0 spiro atoms. The summed E-state index contributed by atoms with van der Waals surface area (Å²) < 4.78 is 5.62. The van der Waals surface area contributed by atoms with Gasteiger partial charge in [0, 0.05) is 11.8 Å². The molecular formula is C15H11N3O. The van der Waals surface area contributed by atoms with Crippen LogP contribution in [-0.4, -0.2) is 0 Å². The van der Waals surface area contributed by atoms with Gasteiger partial charge in [0.15, 0.2) is 0 Å². The molecule has 0 saturated heterocycles. The summed E-state index contributed by atoms with van der Waals surface area (Å²) in [5, 5.41) is 17.5. The second kappa shape index (κ2) is 5.57. The maximum Gasteiger partial charge on any atom is 0.128 e. The minimum atomic E-state index is 0.376. The van der Waals surface area contributed by atoms with E-state index in [2.05, 4.69) is 6.07 Å². The van der Waals surface area contributed by atoms with E-state index in [1.54, 1.807) is 30.3 Å². The normalized spacial score (nSPS) is 9.37. The molecule has 0 unspecified atom stereocenters. The second-order valence-electron chi connectivity index (χ2n) is 3.94. The van der Waals surface area contributed by atoms with Crippen molar-refractivity contribution in [1.29, 1.82) is 10.5 Å². The van der Waals surface area contributed by atoms with Crippen LogP contribution in [0.4, 0.5) is 5.69 Å². The van der Waals surface area contributed by atoms with Crippen LogP contribution in [0.25, 0.3) is 0 Å². The van der Waals surface area contributed by atoms with E-state index in [0.29, 0.717) is 29.2 Å². The van der Waals surface area contributed by atoms with Gasteiger partial charge in [-0.05, 0) is 29.8 Å². The molecule has 2 rings (SSSR count). The lowest BCUT2D eigenvalue weighted by atomic mass is 10.1. The van der Waals surface area contributed by atoms with Gasteiger partial charge in [-0.2, -0.15) is 10.5 Å². The van der Waals surface area contributed by atoms with Gasteiger partial charge in [0.1, 0.15) is 17.6 Å². The van der Waals surface area contributed by atoms with E-state index < -0.39 is 0 Å². The summed E-state index contributed by atoms with van der Waals surface area (Å²) in [4.78, 5) is 0. The molecule has 2 aromatic rings. The average molecular weight is 249 g/mol. The molecule has 92 valence electrons. The minimum absolute atomic E-state index is 0.376. The van der Waals surface area contributed by atoms with Crippen LogP contribution in [0.3, 0.4) is 0 Å². The first-order valence-corrected chi connectivity index (χ1v) is 5.66. The summed E-state index contributed by atoms with van der Waals surface area (Å²) in [7, 11) is 0.